The van der Waals surface area contributed by atoms with E-state index >= 15 is 0 Å². The summed E-state index contributed by atoms with van der Waals surface area (Å²) in [7, 11) is 0. The zero-order chi connectivity index (χ0) is 14.8. The number of nitriles is 1. The van der Waals surface area contributed by atoms with Crippen molar-refractivity contribution in [3.8, 4) is 6.07 Å². The number of hydrogen-bond donors (Lipinski definition) is 2. The molecular formula is C15H21N3O2. The van der Waals surface area contributed by atoms with Gasteiger partial charge in [0.2, 0.25) is 0 Å². The molecule has 0 aliphatic rings. The molecule has 2 N–H and O–H groups in total. The molecule has 0 bridgehead atoms. The van der Waals surface area contributed by atoms with Crippen molar-refractivity contribution in [1.29, 1.82) is 5.26 Å². The van der Waals surface area contributed by atoms with Gasteiger partial charge in [0.05, 0.1) is 11.6 Å². The number of aliphatic hydroxyl groups is 1. The van der Waals surface area contributed by atoms with Gasteiger partial charge in [-0.3, -0.25) is 0 Å². The Hall–Kier alpha value is -2.06. The zero-order valence-electron chi connectivity index (χ0n) is 11.8. The summed E-state index contributed by atoms with van der Waals surface area (Å²) in [5.41, 5.74) is 1.12. The second-order valence-corrected chi connectivity index (χ2v) is 4.54. The first kappa shape index (κ1) is 16.0. The Balaban J connectivity index is 2.66. The van der Waals surface area contributed by atoms with Crippen molar-refractivity contribution in [1.82, 2.24) is 4.90 Å². The number of unbranched alkanes of at least 4 members (excludes halogenated alkanes) is 1. The van der Waals surface area contributed by atoms with Crippen molar-refractivity contribution in [2.45, 2.75) is 26.2 Å². The fourth-order valence-electron chi connectivity index (χ4n) is 1.79. The monoisotopic (exact) mass is 275 g/mol. The number of aliphatic hydroxyl groups excluding tert-OH is 1. The van der Waals surface area contributed by atoms with E-state index in [1.807, 2.05) is 6.07 Å². The fraction of sp³-hybridized carbons (Fsp3) is 0.467. The molecule has 0 unspecified atom stereocenters. The van der Waals surface area contributed by atoms with Crippen LogP contribution in [0.4, 0.5) is 10.5 Å². The van der Waals surface area contributed by atoms with E-state index in [0.29, 0.717) is 30.8 Å². The molecule has 5 nitrogen and oxygen atoms in total. The van der Waals surface area contributed by atoms with Gasteiger partial charge < -0.3 is 15.3 Å². The highest BCUT2D eigenvalue weighted by molar-refractivity contribution is 5.89. The third-order valence-corrected chi connectivity index (χ3v) is 2.90. The predicted molar refractivity (Wildman–Crippen MR) is 78.4 cm³/mol. The molecule has 0 spiro atoms. The van der Waals surface area contributed by atoms with Crippen molar-refractivity contribution in [3.63, 3.8) is 0 Å². The number of nitrogens with one attached hydrogen (secondary N) is 1. The van der Waals surface area contributed by atoms with Crippen LogP contribution in [0.15, 0.2) is 24.3 Å². The maximum atomic E-state index is 12.2. The average molecular weight is 275 g/mol. The van der Waals surface area contributed by atoms with Crippen molar-refractivity contribution >= 4 is 11.7 Å². The lowest BCUT2D eigenvalue weighted by molar-refractivity contribution is 0.201. The maximum Gasteiger partial charge on any atom is 0.321 e. The van der Waals surface area contributed by atoms with Gasteiger partial charge in [0.15, 0.2) is 0 Å². The molecule has 0 atom stereocenters. The normalized spacial score (nSPS) is 9.85. The molecule has 1 rings (SSSR count). The largest absolute Gasteiger partial charge is 0.396 e. The molecule has 1 aromatic carbocycles. The first-order chi connectivity index (χ1) is 9.71. The van der Waals surface area contributed by atoms with Crippen molar-refractivity contribution in [2.24, 2.45) is 0 Å². The molecule has 1 aromatic rings. The van der Waals surface area contributed by atoms with Crippen LogP contribution in [0.5, 0.6) is 0 Å². The Morgan fingerprint density at radius 2 is 2.15 bits per heavy atom. The Kier molecular flexibility index (Phi) is 7.15. The second kappa shape index (κ2) is 8.94. The van der Waals surface area contributed by atoms with Crippen LogP contribution in [0.2, 0.25) is 0 Å². The Morgan fingerprint density at radius 3 is 2.80 bits per heavy atom. The molecule has 108 valence electrons. The number of hydrogen-bond acceptors (Lipinski definition) is 3. The van der Waals surface area contributed by atoms with Crippen LogP contribution < -0.4 is 5.32 Å². The molecule has 0 aromatic heterocycles. The van der Waals surface area contributed by atoms with E-state index in [-0.39, 0.29) is 12.6 Å². The smallest absolute Gasteiger partial charge is 0.321 e. The highest BCUT2D eigenvalue weighted by Gasteiger charge is 2.12. The third kappa shape index (κ3) is 5.29. The first-order valence-corrected chi connectivity index (χ1v) is 6.88. The molecule has 0 aliphatic carbocycles. The van der Waals surface area contributed by atoms with E-state index in [0.717, 1.165) is 12.8 Å². The minimum Gasteiger partial charge on any atom is -0.396 e. The Labute approximate surface area is 119 Å². The van der Waals surface area contributed by atoms with Gasteiger partial charge in [0.1, 0.15) is 0 Å². The van der Waals surface area contributed by atoms with Gasteiger partial charge in [-0.15, -0.1) is 0 Å². The van der Waals surface area contributed by atoms with Gasteiger partial charge in [-0.2, -0.15) is 5.26 Å². The van der Waals surface area contributed by atoms with Gasteiger partial charge in [-0.25, -0.2) is 4.79 Å². The minimum atomic E-state index is -0.193. The summed E-state index contributed by atoms with van der Waals surface area (Å²) >= 11 is 0. The summed E-state index contributed by atoms with van der Waals surface area (Å²) in [4.78, 5) is 13.9. The summed E-state index contributed by atoms with van der Waals surface area (Å²) in [5.74, 6) is 0. The summed E-state index contributed by atoms with van der Waals surface area (Å²) in [6.45, 7) is 3.33. The van der Waals surface area contributed by atoms with E-state index in [2.05, 4.69) is 12.2 Å². The van der Waals surface area contributed by atoms with E-state index in [1.54, 1.807) is 29.2 Å². The van der Waals surface area contributed by atoms with Crippen molar-refractivity contribution in [3.05, 3.63) is 29.8 Å². The number of amides is 2. The van der Waals surface area contributed by atoms with Crippen LogP contribution in [0.25, 0.3) is 0 Å². The number of carbonyl (C=O) groups excluding carboxylic acids is 1. The minimum absolute atomic E-state index is 0.0693. The molecule has 0 radical (unpaired) electrons. The van der Waals surface area contributed by atoms with Gasteiger partial charge in [-0.05, 0) is 31.0 Å². The lowest BCUT2D eigenvalue weighted by atomic mass is 10.2. The summed E-state index contributed by atoms with van der Waals surface area (Å²) in [6.07, 6.45) is 2.50. The zero-order valence-corrected chi connectivity index (χ0v) is 11.8. The second-order valence-electron chi connectivity index (χ2n) is 4.54. The quantitative estimate of drug-likeness (QED) is 0.803. The van der Waals surface area contributed by atoms with Crippen LogP contribution in [0.1, 0.15) is 31.7 Å². The van der Waals surface area contributed by atoms with Gasteiger partial charge in [0.25, 0.3) is 0 Å². The SMILES string of the molecule is CCCCN(CCCO)C(=O)Nc1cccc(C#N)c1. The molecule has 0 saturated carbocycles. The molecule has 5 heteroatoms. The van der Waals surface area contributed by atoms with Crippen LogP contribution >= 0.6 is 0 Å². The highest BCUT2D eigenvalue weighted by Crippen LogP contribution is 2.11. The van der Waals surface area contributed by atoms with Crippen LogP contribution in [0.3, 0.4) is 0 Å². The molecule has 0 fully saturated rings. The molecule has 2 amide bonds. The van der Waals surface area contributed by atoms with E-state index < -0.39 is 0 Å². The molecule has 0 aliphatic heterocycles. The number of benzene rings is 1. The summed E-state index contributed by atoms with van der Waals surface area (Å²) in [6, 6.07) is 8.67. The van der Waals surface area contributed by atoms with Gasteiger partial charge in [-0.1, -0.05) is 19.4 Å². The predicted octanol–water partition coefficient (Wildman–Crippen LogP) is 2.57. The van der Waals surface area contributed by atoms with E-state index in [1.165, 1.54) is 0 Å². The van der Waals surface area contributed by atoms with Crippen LogP contribution in [0, 0.1) is 11.3 Å². The van der Waals surface area contributed by atoms with Gasteiger partial charge >= 0.3 is 6.03 Å². The van der Waals surface area contributed by atoms with Crippen molar-refractivity contribution in [2.75, 3.05) is 25.0 Å². The number of urea groups is 1. The Bertz CT molecular complexity index is 460. The fourth-order valence-corrected chi connectivity index (χ4v) is 1.79. The summed E-state index contributed by atoms with van der Waals surface area (Å²) in [5, 5.41) is 20.5. The lowest BCUT2D eigenvalue weighted by Crippen LogP contribution is -2.36. The molecule has 0 heterocycles. The van der Waals surface area contributed by atoms with E-state index in [9.17, 15) is 4.79 Å². The van der Waals surface area contributed by atoms with Crippen LogP contribution in [-0.4, -0.2) is 35.7 Å². The standard InChI is InChI=1S/C15H21N3O2/c1-2-3-8-18(9-5-10-19)15(20)17-14-7-4-6-13(11-14)12-16/h4,6-7,11,19H,2-3,5,8-10H2,1H3,(H,17,20). The first-order valence-electron chi connectivity index (χ1n) is 6.88. The maximum absolute atomic E-state index is 12.2. The third-order valence-electron chi connectivity index (χ3n) is 2.90. The van der Waals surface area contributed by atoms with E-state index in [4.69, 9.17) is 10.4 Å². The van der Waals surface area contributed by atoms with Gasteiger partial charge in [0, 0.05) is 25.4 Å². The molecule has 0 saturated heterocycles. The number of nitrogens with zero attached hydrogens (tertiary/aromatic N) is 2. The lowest BCUT2D eigenvalue weighted by Gasteiger charge is -2.22. The number of rotatable bonds is 7. The molecule has 20 heavy (non-hydrogen) atoms. The molecular weight excluding hydrogens is 254 g/mol. The highest BCUT2D eigenvalue weighted by atomic mass is 16.3. The average Bonchev–Trinajstić information content (AvgIpc) is 2.47. The number of carbonyl (C=O) groups is 1. The Morgan fingerprint density at radius 1 is 1.40 bits per heavy atom. The topological polar surface area (TPSA) is 76.4 Å². The van der Waals surface area contributed by atoms with Crippen molar-refractivity contribution < 1.29 is 9.90 Å². The van der Waals surface area contributed by atoms with Crippen LogP contribution in [-0.2, 0) is 0 Å². The summed E-state index contributed by atoms with van der Waals surface area (Å²) < 4.78 is 0. The number of anilines is 1.